The third-order valence-electron chi connectivity index (χ3n) is 3.06. The predicted molar refractivity (Wildman–Crippen MR) is 122 cm³/mol. The molecule has 0 saturated carbocycles. The Morgan fingerprint density at radius 3 is 1.90 bits per heavy atom. The lowest BCUT2D eigenvalue weighted by molar-refractivity contribution is -0.0504. The lowest BCUT2D eigenvalue weighted by Crippen LogP contribution is -2.18. The molecule has 0 N–H and O–H groups in total. The molecule has 0 aromatic heterocycles. The minimum atomic E-state index is -2.74. The van der Waals surface area contributed by atoms with Crippen LogP contribution >= 0.6 is 0 Å². The zero-order valence-corrected chi connectivity index (χ0v) is 20.4. The van der Waals surface area contributed by atoms with E-state index in [9.17, 15) is 8.78 Å². The zero-order valence-electron chi connectivity index (χ0n) is 20.4. The van der Waals surface area contributed by atoms with Crippen molar-refractivity contribution in [2.45, 2.75) is 107 Å². The Kier molecular flexibility index (Phi) is 14.7. The average molecular weight is 415 g/mol. The van der Waals surface area contributed by atoms with Crippen molar-refractivity contribution < 1.29 is 18.3 Å². The van der Waals surface area contributed by atoms with E-state index in [1.54, 1.807) is 12.1 Å². The smallest absolute Gasteiger partial charge is 0.387 e. The minimum Gasteiger partial charge on any atom is -0.493 e. The summed E-state index contributed by atoms with van der Waals surface area (Å²) >= 11 is 0. The SMILES string of the molecule is C=C(CCC)OC(C)(C)C.CC(C)(C)C.CCCc1c(C)cccc1OC(F)F. The van der Waals surface area contributed by atoms with Crippen molar-refractivity contribution >= 4 is 0 Å². The van der Waals surface area contributed by atoms with Gasteiger partial charge in [0, 0.05) is 6.42 Å². The van der Waals surface area contributed by atoms with Gasteiger partial charge in [-0.2, -0.15) is 8.78 Å². The summed E-state index contributed by atoms with van der Waals surface area (Å²) in [6.07, 6.45) is 3.77. The number of benzene rings is 1. The Morgan fingerprint density at radius 2 is 1.52 bits per heavy atom. The van der Waals surface area contributed by atoms with Gasteiger partial charge in [-0.25, -0.2) is 0 Å². The number of halogens is 2. The van der Waals surface area contributed by atoms with Gasteiger partial charge in [0.05, 0.1) is 5.76 Å². The Balaban J connectivity index is 0. The maximum atomic E-state index is 12.1. The molecular formula is C25H44F2O2. The number of hydrogen-bond acceptors (Lipinski definition) is 2. The molecule has 0 atom stereocenters. The highest BCUT2D eigenvalue weighted by atomic mass is 19.3. The number of alkyl halides is 2. The first-order valence-corrected chi connectivity index (χ1v) is 10.5. The highest BCUT2D eigenvalue weighted by Gasteiger charge is 2.11. The van der Waals surface area contributed by atoms with Crippen LogP contribution in [-0.2, 0) is 11.2 Å². The van der Waals surface area contributed by atoms with Crippen LogP contribution in [0.3, 0.4) is 0 Å². The van der Waals surface area contributed by atoms with Crippen LogP contribution in [0.1, 0.15) is 92.7 Å². The summed E-state index contributed by atoms with van der Waals surface area (Å²) in [5, 5.41) is 0. The summed E-state index contributed by atoms with van der Waals surface area (Å²) in [6, 6.07) is 5.22. The maximum absolute atomic E-state index is 12.1. The molecule has 0 fully saturated rings. The summed E-state index contributed by atoms with van der Waals surface area (Å²) in [6.45, 7) is 22.0. The molecule has 2 nitrogen and oxygen atoms in total. The topological polar surface area (TPSA) is 18.5 Å². The molecule has 1 rings (SSSR count). The number of hydrogen-bond donors (Lipinski definition) is 0. The van der Waals surface area contributed by atoms with Crippen molar-refractivity contribution in [2.24, 2.45) is 5.41 Å². The van der Waals surface area contributed by atoms with Crippen LogP contribution < -0.4 is 4.74 Å². The molecule has 1 aromatic carbocycles. The van der Waals surface area contributed by atoms with Gasteiger partial charge in [0.15, 0.2) is 0 Å². The summed E-state index contributed by atoms with van der Waals surface area (Å²) in [5.41, 5.74) is 2.31. The molecule has 170 valence electrons. The second kappa shape index (κ2) is 14.4. The highest BCUT2D eigenvalue weighted by Crippen LogP contribution is 2.25. The lowest BCUT2D eigenvalue weighted by atomic mass is 10.0. The van der Waals surface area contributed by atoms with Crippen LogP contribution in [0.2, 0.25) is 0 Å². The molecule has 29 heavy (non-hydrogen) atoms. The second-order valence-electron chi connectivity index (χ2n) is 9.68. The van der Waals surface area contributed by atoms with E-state index in [2.05, 4.69) is 45.9 Å². The number of allylic oxidation sites excluding steroid dienone is 1. The Labute approximate surface area is 178 Å². The standard InChI is InChI=1S/C11H14F2O.C9H18O.C5H12/c1-3-5-9-8(2)6-4-7-10(9)14-11(12)13;1-6-7-8(2)10-9(3,4)5;1-5(2,3)4/h4,6-7,11H,3,5H2,1-2H3;2,6-7H2,1,3-5H3;1-4H3. The monoisotopic (exact) mass is 414 g/mol. The van der Waals surface area contributed by atoms with Gasteiger partial charge >= 0.3 is 6.61 Å². The van der Waals surface area contributed by atoms with Crippen LogP contribution in [0.4, 0.5) is 8.78 Å². The lowest BCUT2D eigenvalue weighted by Gasteiger charge is -2.22. The van der Waals surface area contributed by atoms with Gasteiger partial charge in [0.1, 0.15) is 11.4 Å². The molecule has 0 heterocycles. The molecule has 0 bridgehead atoms. The molecule has 0 radical (unpaired) electrons. The molecule has 0 spiro atoms. The number of ether oxygens (including phenoxy) is 2. The quantitative estimate of drug-likeness (QED) is 0.415. The number of rotatable bonds is 7. The van der Waals surface area contributed by atoms with Crippen LogP contribution in [0.15, 0.2) is 30.5 Å². The van der Waals surface area contributed by atoms with Gasteiger partial charge in [-0.15, -0.1) is 0 Å². The van der Waals surface area contributed by atoms with Gasteiger partial charge in [-0.3, -0.25) is 0 Å². The van der Waals surface area contributed by atoms with Gasteiger partial charge in [-0.05, 0) is 63.1 Å². The summed E-state index contributed by atoms with van der Waals surface area (Å²) in [7, 11) is 0. The van der Waals surface area contributed by atoms with Crippen molar-refractivity contribution in [3.8, 4) is 5.75 Å². The van der Waals surface area contributed by atoms with Crippen LogP contribution in [-0.4, -0.2) is 12.2 Å². The van der Waals surface area contributed by atoms with E-state index in [-0.39, 0.29) is 5.60 Å². The van der Waals surface area contributed by atoms with Crippen molar-refractivity contribution in [2.75, 3.05) is 0 Å². The Hall–Kier alpha value is -1.58. The van der Waals surface area contributed by atoms with Gasteiger partial charge < -0.3 is 9.47 Å². The molecule has 1 aromatic rings. The summed E-state index contributed by atoms with van der Waals surface area (Å²) in [4.78, 5) is 0. The van der Waals surface area contributed by atoms with Crippen LogP contribution in [0.5, 0.6) is 5.75 Å². The fourth-order valence-electron chi connectivity index (χ4n) is 2.22. The Morgan fingerprint density at radius 1 is 1.00 bits per heavy atom. The van der Waals surface area contributed by atoms with Gasteiger partial charge in [-0.1, -0.05) is 66.7 Å². The van der Waals surface area contributed by atoms with Crippen molar-refractivity contribution in [1.29, 1.82) is 0 Å². The van der Waals surface area contributed by atoms with E-state index < -0.39 is 6.61 Å². The summed E-state index contributed by atoms with van der Waals surface area (Å²) in [5.74, 6) is 1.21. The molecule has 0 amide bonds. The molecule has 0 aliphatic carbocycles. The average Bonchev–Trinajstić information content (AvgIpc) is 2.47. The van der Waals surface area contributed by atoms with Gasteiger partial charge in [0.25, 0.3) is 0 Å². The third kappa shape index (κ3) is 21.0. The third-order valence-corrected chi connectivity index (χ3v) is 3.06. The van der Waals surface area contributed by atoms with E-state index in [4.69, 9.17) is 4.74 Å². The van der Waals surface area contributed by atoms with Crippen LogP contribution in [0, 0.1) is 12.3 Å². The molecule has 0 unspecified atom stereocenters. The van der Waals surface area contributed by atoms with Crippen molar-refractivity contribution in [3.05, 3.63) is 41.7 Å². The second-order valence-corrected chi connectivity index (χ2v) is 9.68. The van der Waals surface area contributed by atoms with Gasteiger partial charge in [0.2, 0.25) is 0 Å². The molecular weight excluding hydrogens is 370 g/mol. The largest absolute Gasteiger partial charge is 0.493 e. The normalized spacial score (nSPS) is 11.1. The molecule has 0 saturated heterocycles. The van der Waals surface area contributed by atoms with E-state index in [0.717, 1.165) is 42.6 Å². The minimum absolute atomic E-state index is 0.0771. The van der Waals surface area contributed by atoms with Crippen molar-refractivity contribution in [3.63, 3.8) is 0 Å². The Bertz CT molecular complexity index is 561. The molecule has 0 aliphatic rings. The fourth-order valence-corrected chi connectivity index (χ4v) is 2.22. The van der Waals surface area contributed by atoms with E-state index >= 15 is 0 Å². The first-order valence-electron chi connectivity index (χ1n) is 10.5. The maximum Gasteiger partial charge on any atom is 0.387 e. The zero-order chi connectivity index (χ0) is 23.3. The fraction of sp³-hybridized carbons (Fsp3) is 0.680. The number of aryl methyl sites for hydroxylation is 1. The molecule has 0 aliphatic heterocycles. The van der Waals surface area contributed by atoms with Crippen molar-refractivity contribution in [1.82, 2.24) is 0 Å². The van der Waals surface area contributed by atoms with E-state index in [1.165, 1.54) is 0 Å². The first kappa shape index (κ1) is 29.6. The molecule has 4 heteroatoms. The predicted octanol–water partition coefficient (Wildman–Crippen LogP) is 8.72. The van der Waals surface area contributed by atoms with E-state index in [1.807, 2.05) is 40.7 Å². The highest BCUT2D eigenvalue weighted by molar-refractivity contribution is 5.39. The van der Waals surface area contributed by atoms with Crippen LogP contribution in [0.25, 0.3) is 0 Å². The van der Waals surface area contributed by atoms with E-state index in [0.29, 0.717) is 11.2 Å². The first-order chi connectivity index (χ1) is 13.1. The summed E-state index contributed by atoms with van der Waals surface area (Å²) < 4.78 is 34.0.